The molecule has 35 heavy (non-hydrogen) atoms. The van der Waals surface area contributed by atoms with Crippen molar-refractivity contribution >= 4 is 32.6 Å². The molecular formula is C31H22N4. The zero-order valence-electron chi connectivity index (χ0n) is 19.0. The number of aromatic nitrogens is 4. The predicted octanol–water partition coefficient (Wildman–Crippen LogP) is 7.39. The molecule has 166 valence electrons. The topological polar surface area (TPSA) is 43.6 Å². The normalized spacial score (nSPS) is 15.4. The summed E-state index contributed by atoms with van der Waals surface area (Å²) in [7, 11) is 0. The van der Waals surface area contributed by atoms with Crippen molar-refractivity contribution in [3.63, 3.8) is 0 Å². The van der Waals surface area contributed by atoms with Crippen LogP contribution in [-0.2, 0) is 0 Å². The van der Waals surface area contributed by atoms with E-state index >= 15 is 0 Å². The van der Waals surface area contributed by atoms with Gasteiger partial charge in [-0.3, -0.25) is 4.57 Å². The fraction of sp³-hybridized carbons (Fsp3) is 0.0645. The van der Waals surface area contributed by atoms with E-state index < -0.39 is 0 Å². The highest BCUT2D eigenvalue weighted by Crippen LogP contribution is 2.36. The van der Waals surface area contributed by atoms with Gasteiger partial charge < -0.3 is 0 Å². The Morgan fingerprint density at radius 3 is 2.31 bits per heavy atom. The van der Waals surface area contributed by atoms with E-state index in [0.717, 1.165) is 28.8 Å². The fourth-order valence-electron chi connectivity index (χ4n) is 5.09. The summed E-state index contributed by atoms with van der Waals surface area (Å²) in [6.45, 7) is 0. The Morgan fingerprint density at radius 1 is 0.657 bits per heavy atom. The summed E-state index contributed by atoms with van der Waals surface area (Å²) in [6, 6.07) is 31.6. The number of fused-ring (bicyclic) bond motifs is 5. The molecule has 1 aliphatic rings. The van der Waals surface area contributed by atoms with Crippen LogP contribution in [0.2, 0.25) is 0 Å². The van der Waals surface area contributed by atoms with E-state index in [-0.39, 0.29) is 5.92 Å². The van der Waals surface area contributed by atoms with Crippen LogP contribution in [0.4, 0.5) is 0 Å². The molecule has 1 aliphatic carbocycles. The third-order valence-corrected chi connectivity index (χ3v) is 6.75. The van der Waals surface area contributed by atoms with Crippen molar-refractivity contribution in [2.45, 2.75) is 12.3 Å². The van der Waals surface area contributed by atoms with E-state index in [2.05, 4.69) is 102 Å². The number of rotatable bonds is 3. The summed E-state index contributed by atoms with van der Waals surface area (Å²) in [5, 5.41) is 4.88. The second kappa shape index (κ2) is 8.03. The smallest absolute Gasteiger partial charge is 0.238 e. The molecule has 4 heteroatoms. The van der Waals surface area contributed by atoms with Gasteiger partial charge in [-0.15, -0.1) is 0 Å². The molecule has 4 nitrogen and oxygen atoms in total. The highest BCUT2D eigenvalue weighted by atomic mass is 15.2. The Labute approximate surface area is 202 Å². The van der Waals surface area contributed by atoms with Crippen LogP contribution in [0.5, 0.6) is 0 Å². The molecule has 1 atom stereocenters. The van der Waals surface area contributed by atoms with Crippen LogP contribution in [0.25, 0.3) is 49.9 Å². The lowest BCUT2D eigenvalue weighted by Crippen LogP contribution is -2.11. The number of hydrogen-bond donors (Lipinski definition) is 0. The van der Waals surface area contributed by atoms with Crippen molar-refractivity contribution in [3.8, 4) is 17.3 Å². The van der Waals surface area contributed by atoms with Gasteiger partial charge in [-0.1, -0.05) is 103 Å². The van der Waals surface area contributed by atoms with Gasteiger partial charge in [0.1, 0.15) is 5.82 Å². The standard InChI is InChI=1S/C31H22N4/c1-3-12-22(13-4-1)29-32-30(23-14-5-2-6-15-23)34-31(33-29)35-26-18-10-9-17-25(26)28-24-16-8-7-11-21(24)19-20-27(28)35/h1-14,16-20,23H,15H2. The number of allylic oxidation sites excluding steroid dienone is 4. The summed E-state index contributed by atoms with van der Waals surface area (Å²) in [5.74, 6) is 2.26. The molecule has 0 radical (unpaired) electrons. The van der Waals surface area contributed by atoms with Crippen molar-refractivity contribution in [3.05, 3.63) is 121 Å². The second-order valence-electron chi connectivity index (χ2n) is 8.87. The first kappa shape index (κ1) is 19.9. The lowest BCUT2D eigenvalue weighted by atomic mass is 10.00. The molecular weight excluding hydrogens is 428 g/mol. The molecule has 7 rings (SSSR count). The fourth-order valence-corrected chi connectivity index (χ4v) is 5.09. The predicted molar refractivity (Wildman–Crippen MR) is 143 cm³/mol. The zero-order chi connectivity index (χ0) is 23.2. The van der Waals surface area contributed by atoms with Gasteiger partial charge in [-0.2, -0.15) is 9.97 Å². The highest BCUT2D eigenvalue weighted by Gasteiger charge is 2.20. The van der Waals surface area contributed by atoms with Crippen molar-refractivity contribution in [1.82, 2.24) is 19.5 Å². The van der Waals surface area contributed by atoms with Gasteiger partial charge in [-0.25, -0.2) is 4.98 Å². The third kappa shape index (κ3) is 3.26. The van der Waals surface area contributed by atoms with E-state index in [4.69, 9.17) is 15.0 Å². The molecule has 0 amide bonds. The van der Waals surface area contributed by atoms with E-state index in [0.29, 0.717) is 11.8 Å². The van der Waals surface area contributed by atoms with Gasteiger partial charge in [0.15, 0.2) is 5.82 Å². The van der Waals surface area contributed by atoms with E-state index in [1.807, 2.05) is 18.2 Å². The summed E-state index contributed by atoms with van der Waals surface area (Å²) in [5.41, 5.74) is 3.17. The lowest BCUT2D eigenvalue weighted by molar-refractivity contribution is 0.750. The maximum absolute atomic E-state index is 5.06. The van der Waals surface area contributed by atoms with Crippen LogP contribution >= 0.6 is 0 Å². The van der Waals surface area contributed by atoms with Crippen molar-refractivity contribution < 1.29 is 0 Å². The van der Waals surface area contributed by atoms with Crippen LogP contribution in [-0.4, -0.2) is 19.5 Å². The first-order valence-electron chi connectivity index (χ1n) is 11.9. The Bertz CT molecular complexity index is 1780. The largest absolute Gasteiger partial charge is 0.278 e. The van der Waals surface area contributed by atoms with Crippen LogP contribution in [0, 0.1) is 0 Å². The lowest BCUT2D eigenvalue weighted by Gasteiger charge is -2.15. The molecule has 0 fully saturated rings. The zero-order valence-corrected chi connectivity index (χ0v) is 19.0. The van der Waals surface area contributed by atoms with Crippen molar-refractivity contribution in [2.75, 3.05) is 0 Å². The van der Waals surface area contributed by atoms with Gasteiger partial charge >= 0.3 is 0 Å². The highest BCUT2D eigenvalue weighted by molar-refractivity contribution is 6.21. The molecule has 0 bridgehead atoms. The molecule has 2 aromatic heterocycles. The number of para-hydroxylation sites is 1. The molecule has 0 saturated carbocycles. The molecule has 1 unspecified atom stereocenters. The minimum atomic E-state index is 0.123. The minimum Gasteiger partial charge on any atom is -0.278 e. The first-order valence-corrected chi connectivity index (χ1v) is 11.9. The van der Waals surface area contributed by atoms with E-state index in [9.17, 15) is 0 Å². The third-order valence-electron chi connectivity index (χ3n) is 6.75. The molecule has 4 aromatic carbocycles. The van der Waals surface area contributed by atoms with E-state index in [1.54, 1.807) is 0 Å². The Balaban J connectivity index is 1.56. The maximum atomic E-state index is 5.06. The second-order valence-corrected chi connectivity index (χ2v) is 8.87. The van der Waals surface area contributed by atoms with Crippen LogP contribution in [0.3, 0.4) is 0 Å². The number of benzene rings is 4. The van der Waals surface area contributed by atoms with Crippen LogP contribution < -0.4 is 0 Å². The minimum absolute atomic E-state index is 0.123. The Morgan fingerprint density at radius 2 is 1.46 bits per heavy atom. The maximum Gasteiger partial charge on any atom is 0.238 e. The van der Waals surface area contributed by atoms with Crippen molar-refractivity contribution in [2.24, 2.45) is 0 Å². The van der Waals surface area contributed by atoms with Gasteiger partial charge in [0.2, 0.25) is 5.95 Å². The Hall–Kier alpha value is -4.57. The monoisotopic (exact) mass is 450 g/mol. The van der Waals surface area contributed by atoms with Crippen molar-refractivity contribution in [1.29, 1.82) is 0 Å². The van der Waals surface area contributed by atoms with E-state index in [1.165, 1.54) is 21.5 Å². The quantitative estimate of drug-likeness (QED) is 0.282. The average Bonchev–Trinajstić information content (AvgIpc) is 3.29. The molecule has 0 spiro atoms. The Kier molecular flexibility index (Phi) is 4.56. The van der Waals surface area contributed by atoms with Gasteiger partial charge in [-0.05, 0) is 29.3 Å². The number of nitrogens with zero attached hydrogens (tertiary/aromatic N) is 4. The summed E-state index contributed by atoms with van der Waals surface area (Å²) < 4.78 is 2.19. The summed E-state index contributed by atoms with van der Waals surface area (Å²) >= 11 is 0. The van der Waals surface area contributed by atoms with Gasteiger partial charge in [0.25, 0.3) is 0 Å². The molecule has 0 saturated heterocycles. The molecule has 0 N–H and O–H groups in total. The molecule has 0 aliphatic heterocycles. The number of hydrogen-bond acceptors (Lipinski definition) is 3. The molecule has 6 aromatic rings. The van der Waals surface area contributed by atoms with Gasteiger partial charge in [0.05, 0.1) is 11.0 Å². The molecule has 2 heterocycles. The summed E-state index contributed by atoms with van der Waals surface area (Å²) in [6.07, 6.45) is 9.38. The SMILES string of the molecule is C1=CCC(c2nc(-c3ccccc3)nc(-n3c4ccccc4c4c5ccccc5ccc43)n2)C=C1. The van der Waals surface area contributed by atoms with Gasteiger partial charge in [0, 0.05) is 22.3 Å². The van der Waals surface area contributed by atoms with Crippen LogP contribution in [0.15, 0.2) is 115 Å². The van der Waals surface area contributed by atoms with Crippen LogP contribution in [0.1, 0.15) is 18.2 Å². The average molecular weight is 451 g/mol. The first-order chi connectivity index (χ1) is 17.4. The summed E-state index contributed by atoms with van der Waals surface area (Å²) in [4.78, 5) is 15.0.